The molecule has 118 valence electrons. The van der Waals surface area contributed by atoms with Crippen molar-refractivity contribution in [2.75, 3.05) is 5.73 Å². The van der Waals surface area contributed by atoms with E-state index in [-0.39, 0.29) is 5.75 Å². The van der Waals surface area contributed by atoms with Gasteiger partial charge < -0.3 is 10.8 Å². The van der Waals surface area contributed by atoms with Gasteiger partial charge in [-0.15, -0.1) is 0 Å². The van der Waals surface area contributed by atoms with Crippen LogP contribution in [0.25, 0.3) is 17.0 Å². The van der Waals surface area contributed by atoms with Crippen molar-refractivity contribution in [1.29, 1.82) is 0 Å². The summed E-state index contributed by atoms with van der Waals surface area (Å²) < 4.78 is 1.76. The Bertz CT molecular complexity index is 872. The Hall–Kier alpha value is -3.00. The molecule has 1 aromatic carbocycles. The molecule has 3 rings (SSSR count). The molecule has 23 heavy (non-hydrogen) atoms. The average Bonchev–Trinajstić information content (AvgIpc) is 2.97. The summed E-state index contributed by atoms with van der Waals surface area (Å²) in [6.07, 6.45) is 4.36. The van der Waals surface area contributed by atoms with Gasteiger partial charge in [0.25, 0.3) is 0 Å². The van der Waals surface area contributed by atoms with Gasteiger partial charge in [-0.2, -0.15) is 4.98 Å². The van der Waals surface area contributed by atoms with Crippen molar-refractivity contribution < 1.29 is 5.11 Å². The van der Waals surface area contributed by atoms with Crippen LogP contribution in [0, 0.1) is 11.8 Å². The number of fused-ring (bicyclic) bond motifs is 1. The number of anilines is 1. The number of nitrogen functional groups attached to an aromatic ring is 1. The van der Waals surface area contributed by atoms with Gasteiger partial charge in [-0.05, 0) is 12.1 Å². The Morgan fingerprint density at radius 1 is 1.17 bits per heavy atom. The van der Waals surface area contributed by atoms with E-state index in [0.717, 1.165) is 6.42 Å². The first-order chi connectivity index (χ1) is 11.2. The predicted octanol–water partition coefficient (Wildman–Crippen LogP) is 3.47. The van der Waals surface area contributed by atoms with Crippen LogP contribution in [0.4, 0.5) is 5.82 Å². The average molecular weight is 308 g/mol. The van der Waals surface area contributed by atoms with Gasteiger partial charge in [-0.1, -0.05) is 44.7 Å². The molecule has 0 aliphatic carbocycles. The summed E-state index contributed by atoms with van der Waals surface area (Å²) in [6, 6.07) is 7.04. The number of benzene rings is 1. The minimum absolute atomic E-state index is 0.180. The third-order valence-electron chi connectivity index (χ3n) is 3.06. The lowest BCUT2D eigenvalue weighted by atomic mass is 10.1. The summed E-state index contributed by atoms with van der Waals surface area (Å²) in [4.78, 5) is 8.64. The molecule has 2 heterocycles. The second kappa shape index (κ2) is 7.32. The van der Waals surface area contributed by atoms with Crippen LogP contribution < -0.4 is 5.73 Å². The molecule has 0 bridgehead atoms. The molecule has 5 heteroatoms. The lowest BCUT2D eigenvalue weighted by molar-refractivity contribution is 0.477. The highest BCUT2D eigenvalue weighted by Crippen LogP contribution is 2.28. The van der Waals surface area contributed by atoms with Crippen molar-refractivity contribution in [1.82, 2.24) is 14.4 Å². The van der Waals surface area contributed by atoms with Gasteiger partial charge in [0.15, 0.2) is 0 Å². The molecule has 0 saturated carbocycles. The summed E-state index contributed by atoms with van der Waals surface area (Å²) in [5, 5.41) is 9.90. The van der Waals surface area contributed by atoms with Gasteiger partial charge >= 0.3 is 0 Å². The Balaban J connectivity index is 0.000000924. The number of rotatable bonds is 1. The number of hydrogen-bond donors (Lipinski definition) is 2. The van der Waals surface area contributed by atoms with Crippen LogP contribution in [0.2, 0.25) is 0 Å². The van der Waals surface area contributed by atoms with E-state index in [0.29, 0.717) is 28.4 Å². The molecule has 2 aromatic heterocycles. The third-order valence-corrected chi connectivity index (χ3v) is 3.06. The molecule has 0 radical (unpaired) electrons. The fourth-order valence-corrected chi connectivity index (χ4v) is 2.03. The number of nitrogens with zero attached hydrogens (tertiary/aromatic N) is 3. The fraction of sp³-hybridized carbons (Fsp3) is 0.222. The van der Waals surface area contributed by atoms with Crippen LogP contribution in [0.3, 0.4) is 0 Å². The smallest absolute Gasteiger partial charge is 0.236 e. The molecule has 0 aliphatic heterocycles. The van der Waals surface area contributed by atoms with E-state index in [1.807, 2.05) is 26.8 Å². The lowest BCUT2D eigenvalue weighted by Gasteiger charge is -1.98. The van der Waals surface area contributed by atoms with Crippen molar-refractivity contribution >= 4 is 11.6 Å². The molecule has 0 saturated heterocycles. The molecule has 0 aliphatic rings. The Morgan fingerprint density at radius 3 is 2.61 bits per heavy atom. The molecule has 3 aromatic rings. The van der Waals surface area contributed by atoms with Gasteiger partial charge in [0.2, 0.25) is 5.78 Å². The first kappa shape index (κ1) is 16.4. The van der Waals surface area contributed by atoms with Crippen molar-refractivity contribution in [3.63, 3.8) is 0 Å². The van der Waals surface area contributed by atoms with Gasteiger partial charge in [0, 0.05) is 24.4 Å². The van der Waals surface area contributed by atoms with E-state index in [1.54, 1.807) is 35.0 Å². The highest BCUT2D eigenvalue weighted by Gasteiger charge is 2.10. The van der Waals surface area contributed by atoms with Gasteiger partial charge in [-0.25, -0.2) is 4.98 Å². The standard InChI is InChI=1S/C16H14N4O.C2H6/c1-2-3-6-11-9-20-10-13(18-16(20)19-15(11)17)12-7-4-5-8-14(12)21;1-2/h4-5,7-10,21H,2H2,1H3,(H2,17,18,19);1-2H3. The van der Waals surface area contributed by atoms with Crippen molar-refractivity contribution in [3.8, 4) is 28.8 Å². The van der Waals surface area contributed by atoms with E-state index < -0.39 is 0 Å². The van der Waals surface area contributed by atoms with Gasteiger partial charge in [0.1, 0.15) is 11.6 Å². The summed E-state index contributed by atoms with van der Waals surface area (Å²) in [7, 11) is 0. The van der Waals surface area contributed by atoms with E-state index in [4.69, 9.17) is 5.73 Å². The van der Waals surface area contributed by atoms with Crippen molar-refractivity contribution in [3.05, 3.63) is 42.2 Å². The van der Waals surface area contributed by atoms with Crippen LogP contribution in [0.1, 0.15) is 32.8 Å². The summed E-state index contributed by atoms with van der Waals surface area (Å²) in [6.45, 7) is 5.97. The zero-order valence-corrected chi connectivity index (χ0v) is 13.5. The number of phenols is 1. The van der Waals surface area contributed by atoms with Crippen LogP contribution in [0.15, 0.2) is 36.7 Å². The van der Waals surface area contributed by atoms with E-state index in [1.165, 1.54) is 0 Å². The van der Waals surface area contributed by atoms with E-state index in [9.17, 15) is 5.11 Å². The molecule has 0 spiro atoms. The van der Waals surface area contributed by atoms with Crippen LogP contribution >= 0.6 is 0 Å². The summed E-state index contributed by atoms with van der Waals surface area (Å²) >= 11 is 0. The SMILES string of the molecule is CC.CCC#Cc1cn2cc(-c3ccccc3O)nc2nc1N. The lowest BCUT2D eigenvalue weighted by Crippen LogP contribution is -1.98. The molecule has 0 amide bonds. The number of para-hydroxylation sites is 1. The maximum Gasteiger partial charge on any atom is 0.236 e. The monoisotopic (exact) mass is 308 g/mol. The van der Waals surface area contributed by atoms with E-state index in [2.05, 4.69) is 21.8 Å². The first-order valence-corrected chi connectivity index (χ1v) is 7.61. The highest BCUT2D eigenvalue weighted by molar-refractivity contribution is 5.68. The number of phenolic OH excluding ortho intramolecular Hbond substituents is 1. The largest absolute Gasteiger partial charge is 0.507 e. The van der Waals surface area contributed by atoms with Crippen molar-refractivity contribution in [2.45, 2.75) is 27.2 Å². The molecule has 3 N–H and O–H groups in total. The molecule has 0 atom stereocenters. The quantitative estimate of drug-likeness (QED) is 0.675. The normalized spacial score (nSPS) is 9.70. The Kier molecular flexibility index (Phi) is 5.21. The minimum Gasteiger partial charge on any atom is -0.507 e. The number of hydrogen-bond acceptors (Lipinski definition) is 4. The topological polar surface area (TPSA) is 76.4 Å². The maximum absolute atomic E-state index is 9.90. The zero-order valence-electron chi connectivity index (χ0n) is 13.5. The predicted molar refractivity (Wildman–Crippen MR) is 93.0 cm³/mol. The fourth-order valence-electron chi connectivity index (χ4n) is 2.03. The maximum atomic E-state index is 9.90. The number of aromatic nitrogens is 3. The number of nitrogens with two attached hydrogens (primary N) is 1. The summed E-state index contributed by atoms with van der Waals surface area (Å²) in [5.41, 5.74) is 7.86. The molecule has 0 fully saturated rings. The second-order valence-corrected chi connectivity index (χ2v) is 4.55. The molecule has 0 unspecified atom stereocenters. The van der Waals surface area contributed by atoms with Gasteiger partial charge in [-0.3, -0.25) is 4.40 Å². The Labute approximate surface area is 135 Å². The Morgan fingerprint density at radius 2 is 1.91 bits per heavy atom. The number of aromatic hydroxyl groups is 1. The van der Waals surface area contributed by atoms with Gasteiger partial charge in [0.05, 0.1) is 11.3 Å². The second-order valence-electron chi connectivity index (χ2n) is 4.55. The summed E-state index contributed by atoms with van der Waals surface area (Å²) in [5.74, 6) is 6.97. The minimum atomic E-state index is 0.180. The first-order valence-electron chi connectivity index (χ1n) is 7.61. The third kappa shape index (κ3) is 3.43. The zero-order chi connectivity index (χ0) is 16.8. The van der Waals surface area contributed by atoms with Crippen LogP contribution in [-0.2, 0) is 0 Å². The highest BCUT2D eigenvalue weighted by atomic mass is 16.3. The number of imidazole rings is 1. The van der Waals surface area contributed by atoms with E-state index >= 15 is 0 Å². The molecular weight excluding hydrogens is 288 g/mol. The van der Waals surface area contributed by atoms with Crippen LogP contribution in [0.5, 0.6) is 5.75 Å². The molecular formula is C18H20N4O. The van der Waals surface area contributed by atoms with Crippen molar-refractivity contribution in [2.24, 2.45) is 0 Å². The van der Waals surface area contributed by atoms with Crippen LogP contribution in [-0.4, -0.2) is 19.5 Å². The molecule has 5 nitrogen and oxygen atoms in total.